The maximum absolute atomic E-state index is 11.9. The number of carbonyl (C=O) groups is 2. The average molecular weight is 312 g/mol. The minimum atomic E-state index is -0.764. The minimum absolute atomic E-state index is 0.00161. The molecule has 1 aliphatic rings. The molecule has 2 N–H and O–H groups in total. The number of rotatable bonds is 6. The summed E-state index contributed by atoms with van der Waals surface area (Å²) in [5.41, 5.74) is 1.90. The molecule has 1 amide bonds. The number of aryl methyl sites for hydroxylation is 2. The maximum atomic E-state index is 11.9. The molecule has 6 nitrogen and oxygen atoms in total. The van der Waals surface area contributed by atoms with Crippen LogP contribution in [0.25, 0.3) is 0 Å². The Morgan fingerprint density at radius 2 is 2.19 bits per heavy atom. The van der Waals surface area contributed by atoms with Crippen molar-refractivity contribution in [2.75, 3.05) is 5.75 Å². The second kappa shape index (κ2) is 6.98. The fraction of sp³-hybridized carbons (Fsp3) is 0.643. The van der Waals surface area contributed by atoms with Crippen LogP contribution in [0.2, 0.25) is 0 Å². The van der Waals surface area contributed by atoms with Crippen molar-refractivity contribution in [1.29, 1.82) is 0 Å². The van der Waals surface area contributed by atoms with Gasteiger partial charge in [0.15, 0.2) is 0 Å². The van der Waals surface area contributed by atoms with Gasteiger partial charge in [0.2, 0.25) is 5.91 Å². The van der Waals surface area contributed by atoms with Gasteiger partial charge in [0.25, 0.3) is 0 Å². The van der Waals surface area contributed by atoms with Gasteiger partial charge < -0.3 is 14.9 Å². The molecule has 1 fully saturated rings. The monoisotopic (exact) mass is 312 g/mol. The smallest absolute Gasteiger partial charge is 0.306 e. The highest BCUT2D eigenvalue weighted by molar-refractivity contribution is 7.99. The van der Waals surface area contributed by atoms with Crippen molar-refractivity contribution < 1.29 is 19.2 Å². The number of carboxylic acids is 1. The van der Waals surface area contributed by atoms with Crippen LogP contribution in [0.3, 0.4) is 0 Å². The van der Waals surface area contributed by atoms with E-state index >= 15 is 0 Å². The Morgan fingerprint density at radius 1 is 1.43 bits per heavy atom. The molecular formula is C14H20N2O4S. The molecule has 7 heteroatoms. The fourth-order valence-corrected chi connectivity index (χ4v) is 3.55. The van der Waals surface area contributed by atoms with Crippen LogP contribution in [0.4, 0.5) is 0 Å². The third-order valence-corrected chi connectivity index (χ3v) is 4.77. The van der Waals surface area contributed by atoms with E-state index in [2.05, 4.69) is 10.5 Å². The lowest BCUT2D eigenvalue weighted by molar-refractivity contribution is -0.141. The number of nitrogens with zero attached hydrogens (tertiary/aromatic N) is 1. The Morgan fingerprint density at radius 3 is 2.76 bits per heavy atom. The molecule has 116 valence electrons. The number of amides is 1. The van der Waals surface area contributed by atoms with E-state index in [4.69, 9.17) is 9.63 Å². The number of aromatic nitrogens is 1. The van der Waals surface area contributed by atoms with Gasteiger partial charge in [-0.05, 0) is 33.1 Å². The average Bonchev–Trinajstić information content (AvgIpc) is 3.00. The largest absolute Gasteiger partial charge is 0.481 e. The highest BCUT2D eigenvalue weighted by Gasteiger charge is 2.30. The fourth-order valence-electron chi connectivity index (χ4n) is 2.56. The number of carbonyl (C=O) groups excluding carboxylic acids is 1. The van der Waals surface area contributed by atoms with E-state index in [1.165, 1.54) is 11.8 Å². The normalized spacial score (nSPS) is 21.4. The molecule has 0 spiro atoms. The molecule has 1 aliphatic carbocycles. The third kappa shape index (κ3) is 4.23. The number of aliphatic carboxylic acids is 1. The van der Waals surface area contributed by atoms with Gasteiger partial charge in [0.05, 0.1) is 17.4 Å². The maximum Gasteiger partial charge on any atom is 0.306 e. The van der Waals surface area contributed by atoms with E-state index in [1.807, 2.05) is 13.8 Å². The van der Waals surface area contributed by atoms with E-state index in [1.54, 1.807) is 0 Å². The lowest BCUT2D eigenvalue weighted by Crippen LogP contribution is -2.34. The van der Waals surface area contributed by atoms with E-state index < -0.39 is 5.97 Å². The first-order chi connectivity index (χ1) is 9.97. The molecule has 1 aromatic heterocycles. The van der Waals surface area contributed by atoms with Crippen LogP contribution in [0.1, 0.15) is 36.3 Å². The van der Waals surface area contributed by atoms with Crippen molar-refractivity contribution in [2.45, 2.75) is 44.9 Å². The van der Waals surface area contributed by atoms with Gasteiger partial charge in [0.1, 0.15) is 5.76 Å². The molecule has 2 atom stereocenters. The predicted molar refractivity (Wildman–Crippen MR) is 79.0 cm³/mol. The van der Waals surface area contributed by atoms with Gasteiger partial charge in [0, 0.05) is 17.4 Å². The zero-order chi connectivity index (χ0) is 15.4. The molecule has 1 saturated carbocycles. The van der Waals surface area contributed by atoms with Gasteiger partial charge >= 0.3 is 5.97 Å². The van der Waals surface area contributed by atoms with E-state index in [0.29, 0.717) is 24.3 Å². The molecule has 0 aromatic carbocycles. The van der Waals surface area contributed by atoms with Crippen LogP contribution in [0, 0.1) is 19.8 Å². The zero-order valence-corrected chi connectivity index (χ0v) is 13.0. The van der Waals surface area contributed by atoms with Gasteiger partial charge in [-0.15, -0.1) is 11.8 Å². The van der Waals surface area contributed by atoms with Crippen molar-refractivity contribution in [3.05, 3.63) is 17.0 Å². The first-order valence-corrected chi connectivity index (χ1v) is 8.14. The summed E-state index contributed by atoms with van der Waals surface area (Å²) in [7, 11) is 0. The summed E-state index contributed by atoms with van der Waals surface area (Å²) in [5.74, 6) is 0.725. The zero-order valence-electron chi connectivity index (χ0n) is 12.2. The van der Waals surface area contributed by atoms with Crippen molar-refractivity contribution >= 4 is 23.6 Å². The van der Waals surface area contributed by atoms with Crippen LogP contribution in [-0.2, 0) is 15.3 Å². The molecular weight excluding hydrogens is 292 g/mol. The number of hydrogen-bond acceptors (Lipinski definition) is 5. The molecule has 0 saturated heterocycles. The Hall–Kier alpha value is -1.50. The van der Waals surface area contributed by atoms with Crippen LogP contribution in [-0.4, -0.2) is 33.9 Å². The van der Waals surface area contributed by atoms with E-state index in [-0.39, 0.29) is 17.9 Å². The van der Waals surface area contributed by atoms with Crippen LogP contribution in [0.15, 0.2) is 4.52 Å². The predicted octanol–water partition coefficient (Wildman–Crippen LogP) is 1.89. The highest BCUT2D eigenvalue weighted by atomic mass is 32.2. The van der Waals surface area contributed by atoms with Gasteiger partial charge in [-0.2, -0.15) is 0 Å². The summed E-state index contributed by atoms with van der Waals surface area (Å²) in [6.07, 6.45) is 1.93. The first-order valence-electron chi connectivity index (χ1n) is 6.99. The number of thioether (sulfide) groups is 1. The Balaban J connectivity index is 1.70. The van der Waals surface area contributed by atoms with Crippen molar-refractivity contribution in [3.8, 4) is 0 Å². The summed E-state index contributed by atoms with van der Waals surface area (Å²) in [5, 5.41) is 15.7. The lowest BCUT2D eigenvalue weighted by Gasteiger charge is -2.12. The van der Waals surface area contributed by atoms with E-state index in [9.17, 15) is 9.59 Å². The SMILES string of the molecule is Cc1noc(C)c1CSCC(=O)N[C@@H]1CC[C@H](C(=O)O)C1. The van der Waals surface area contributed by atoms with Gasteiger partial charge in [-0.1, -0.05) is 5.16 Å². The summed E-state index contributed by atoms with van der Waals surface area (Å²) < 4.78 is 5.08. The summed E-state index contributed by atoms with van der Waals surface area (Å²) in [4.78, 5) is 22.7. The van der Waals surface area contributed by atoms with E-state index in [0.717, 1.165) is 23.4 Å². The molecule has 0 bridgehead atoms. The molecule has 0 radical (unpaired) electrons. The standard InChI is InChI=1S/C14H20N2O4S/c1-8-12(9(2)20-16-8)6-21-7-13(17)15-11-4-3-10(5-11)14(18)19/h10-11H,3-7H2,1-2H3,(H,15,17)(H,18,19)/t10-,11+/m0/s1. The molecule has 0 unspecified atom stereocenters. The second-order valence-corrected chi connectivity index (χ2v) is 6.39. The van der Waals surface area contributed by atoms with Crippen molar-refractivity contribution in [1.82, 2.24) is 10.5 Å². The summed E-state index contributed by atoms with van der Waals surface area (Å²) in [6.45, 7) is 3.75. The van der Waals surface area contributed by atoms with Gasteiger partial charge in [-0.25, -0.2) is 0 Å². The molecule has 2 rings (SSSR count). The van der Waals surface area contributed by atoms with Crippen LogP contribution < -0.4 is 5.32 Å². The molecule has 21 heavy (non-hydrogen) atoms. The Bertz CT molecular complexity index is 510. The lowest BCUT2D eigenvalue weighted by atomic mass is 10.1. The minimum Gasteiger partial charge on any atom is -0.481 e. The van der Waals surface area contributed by atoms with Crippen molar-refractivity contribution in [3.63, 3.8) is 0 Å². The molecule has 1 heterocycles. The second-order valence-electron chi connectivity index (χ2n) is 5.41. The third-order valence-electron chi connectivity index (χ3n) is 3.81. The van der Waals surface area contributed by atoms with Crippen LogP contribution >= 0.6 is 11.8 Å². The number of nitrogens with one attached hydrogen (secondary N) is 1. The quantitative estimate of drug-likeness (QED) is 0.833. The van der Waals surface area contributed by atoms with Gasteiger partial charge in [-0.3, -0.25) is 9.59 Å². The molecule has 1 aromatic rings. The number of hydrogen-bond donors (Lipinski definition) is 2. The van der Waals surface area contributed by atoms with Crippen LogP contribution in [0.5, 0.6) is 0 Å². The number of carboxylic acid groups (broad SMARTS) is 1. The Kier molecular flexibility index (Phi) is 5.27. The highest BCUT2D eigenvalue weighted by Crippen LogP contribution is 2.26. The molecule has 0 aliphatic heterocycles. The summed E-state index contributed by atoms with van der Waals surface area (Å²) in [6, 6.07) is -0.00161. The first kappa shape index (κ1) is 15.9. The summed E-state index contributed by atoms with van der Waals surface area (Å²) >= 11 is 1.51. The topological polar surface area (TPSA) is 92.4 Å². The Labute approximate surface area is 127 Å². The van der Waals surface area contributed by atoms with Crippen molar-refractivity contribution in [2.24, 2.45) is 5.92 Å².